The minimum absolute atomic E-state index is 0.0600. The number of carboxylic acid groups (broad SMARTS) is 1. The van der Waals surface area contributed by atoms with Crippen LogP contribution in [-0.4, -0.2) is 17.6 Å². The lowest BCUT2D eigenvalue weighted by atomic mass is 10.0. The molecule has 3 nitrogen and oxygen atoms in total. The van der Waals surface area contributed by atoms with Crippen molar-refractivity contribution in [3.63, 3.8) is 0 Å². The van der Waals surface area contributed by atoms with Crippen molar-refractivity contribution in [3.8, 4) is 11.1 Å². The fraction of sp³-hybridized carbons (Fsp3) is 0.174. The summed E-state index contributed by atoms with van der Waals surface area (Å²) in [6.45, 7) is 4.19. The normalized spacial score (nSPS) is 10.6. The number of thiophene rings is 1. The smallest absolute Gasteiger partial charge is 0.318 e. The Morgan fingerprint density at radius 1 is 0.929 bits per heavy atom. The summed E-state index contributed by atoms with van der Waals surface area (Å²) < 4.78 is 5.32. The van der Waals surface area contributed by atoms with Crippen LogP contribution in [-0.2, 0) is 4.79 Å². The Balaban J connectivity index is 0.000000706. The van der Waals surface area contributed by atoms with Crippen LogP contribution in [0.2, 0.25) is 0 Å². The lowest BCUT2D eigenvalue weighted by Gasteiger charge is -2.02. The maximum Gasteiger partial charge on any atom is 0.318 e. The number of carboxylic acids is 1. The van der Waals surface area contributed by atoms with Gasteiger partial charge >= 0.3 is 5.97 Å². The zero-order chi connectivity index (χ0) is 19.9. The Morgan fingerprint density at radius 2 is 1.57 bits per heavy atom. The van der Waals surface area contributed by atoms with E-state index in [1.165, 1.54) is 49.7 Å². The first kappa shape index (κ1) is 20.4. The summed E-state index contributed by atoms with van der Waals surface area (Å²) in [6, 6.07) is 23.2. The quantitative estimate of drug-likeness (QED) is 0.355. The molecule has 4 aromatic rings. The number of benzene rings is 3. The van der Waals surface area contributed by atoms with Gasteiger partial charge in [-0.05, 0) is 41.3 Å². The summed E-state index contributed by atoms with van der Waals surface area (Å²) in [7, 11) is 0. The highest BCUT2D eigenvalue weighted by atomic mass is 32.2. The van der Waals surface area contributed by atoms with Gasteiger partial charge in [0, 0.05) is 25.1 Å². The summed E-state index contributed by atoms with van der Waals surface area (Å²) in [5.41, 5.74) is 2.44. The largest absolute Gasteiger partial charge is 0.480 e. The molecule has 0 aliphatic rings. The Hall–Kier alpha value is -2.34. The predicted octanol–water partition coefficient (Wildman–Crippen LogP) is 6.82. The van der Waals surface area contributed by atoms with Gasteiger partial charge in [0.2, 0.25) is 0 Å². The molecule has 1 heterocycles. The van der Waals surface area contributed by atoms with Gasteiger partial charge in [0.1, 0.15) is 6.54 Å². The summed E-state index contributed by atoms with van der Waals surface area (Å²) in [6.07, 6.45) is 1.25. The van der Waals surface area contributed by atoms with Crippen molar-refractivity contribution >= 4 is 49.4 Å². The van der Waals surface area contributed by atoms with E-state index in [0.717, 1.165) is 4.90 Å². The zero-order valence-corrected chi connectivity index (χ0v) is 17.6. The molecule has 5 heteroatoms. The third kappa shape index (κ3) is 4.93. The van der Waals surface area contributed by atoms with E-state index >= 15 is 0 Å². The predicted molar refractivity (Wildman–Crippen MR) is 122 cm³/mol. The monoisotopic (exact) mass is 409 g/mol. The number of carbonyl (C=O) groups is 1. The Bertz CT molecular complexity index is 1070. The van der Waals surface area contributed by atoms with Gasteiger partial charge in [0.05, 0.1) is 0 Å². The molecule has 0 amide bonds. The van der Waals surface area contributed by atoms with E-state index in [0.29, 0.717) is 0 Å². The fourth-order valence-corrected chi connectivity index (χ4v) is 4.75. The highest BCUT2D eigenvalue weighted by molar-refractivity contribution is 7.97. The van der Waals surface area contributed by atoms with Crippen molar-refractivity contribution in [1.82, 2.24) is 4.72 Å². The number of nitrogens with one attached hydrogen (secondary N) is 1. The highest BCUT2D eigenvalue weighted by Gasteiger charge is 2.08. The van der Waals surface area contributed by atoms with Gasteiger partial charge in [-0.25, -0.2) is 4.72 Å². The third-order valence-electron chi connectivity index (χ3n) is 3.97. The van der Waals surface area contributed by atoms with Gasteiger partial charge < -0.3 is 5.11 Å². The van der Waals surface area contributed by atoms with Crippen LogP contribution in [0, 0.1) is 0 Å². The van der Waals surface area contributed by atoms with Crippen LogP contribution in [0.1, 0.15) is 20.3 Å². The van der Waals surface area contributed by atoms with Crippen molar-refractivity contribution in [2.24, 2.45) is 0 Å². The molecule has 0 spiro atoms. The van der Waals surface area contributed by atoms with Crippen LogP contribution >= 0.6 is 23.3 Å². The Labute approximate surface area is 173 Å². The second-order valence-corrected chi connectivity index (χ2v) is 8.41. The van der Waals surface area contributed by atoms with E-state index in [4.69, 9.17) is 5.11 Å². The lowest BCUT2D eigenvalue weighted by Crippen LogP contribution is -2.15. The average Bonchev–Trinajstić information content (AvgIpc) is 3.06. The molecule has 2 N–H and O–H groups in total. The van der Waals surface area contributed by atoms with Gasteiger partial charge in [-0.2, -0.15) is 0 Å². The van der Waals surface area contributed by atoms with Crippen LogP contribution in [0.15, 0.2) is 71.6 Å². The van der Waals surface area contributed by atoms with Gasteiger partial charge in [-0.15, -0.1) is 11.3 Å². The Kier molecular flexibility index (Phi) is 7.09. The molecule has 0 aliphatic heterocycles. The van der Waals surface area contributed by atoms with E-state index < -0.39 is 5.97 Å². The minimum atomic E-state index is -0.858. The molecule has 0 aliphatic carbocycles. The molecular formula is C23H23NO2S2. The number of aliphatic carboxylic acids is 1. The topological polar surface area (TPSA) is 49.3 Å². The van der Waals surface area contributed by atoms with Crippen LogP contribution in [0.3, 0.4) is 0 Å². The molecule has 1 aromatic heterocycles. The van der Waals surface area contributed by atoms with Crippen molar-refractivity contribution in [1.29, 1.82) is 0 Å². The van der Waals surface area contributed by atoms with E-state index in [-0.39, 0.29) is 6.54 Å². The number of hydrogen-bond acceptors (Lipinski definition) is 4. The molecule has 3 aromatic carbocycles. The standard InChI is InChI=1S/C20H15NO2S2.C3H8/c22-20(23)12-21-25-15-7-9-17-16-8-6-14(13-4-2-1-3-5-13)10-18(16)24-19(17)11-15;1-3-2/h1-11,21H,12H2,(H,22,23);3H2,1-2H3. The van der Waals surface area contributed by atoms with Crippen molar-refractivity contribution in [2.45, 2.75) is 25.2 Å². The summed E-state index contributed by atoms with van der Waals surface area (Å²) in [5.74, 6) is -0.858. The van der Waals surface area contributed by atoms with E-state index in [2.05, 4.69) is 73.2 Å². The Morgan fingerprint density at radius 3 is 2.25 bits per heavy atom. The molecule has 0 fully saturated rings. The van der Waals surface area contributed by atoms with Crippen LogP contribution < -0.4 is 4.72 Å². The van der Waals surface area contributed by atoms with Gasteiger partial charge in [-0.3, -0.25) is 4.79 Å². The molecule has 4 rings (SSSR count). The average molecular weight is 410 g/mol. The van der Waals surface area contributed by atoms with E-state index in [9.17, 15) is 4.79 Å². The van der Waals surface area contributed by atoms with E-state index in [1.54, 1.807) is 11.3 Å². The first-order valence-electron chi connectivity index (χ1n) is 9.25. The van der Waals surface area contributed by atoms with Crippen molar-refractivity contribution < 1.29 is 9.90 Å². The highest BCUT2D eigenvalue weighted by Crippen LogP contribution is 2.37. The maximum absolute atomic E-state index is 10.6. The van der Waals surface area contributed by atoms with Crippen LogP contribution in [0.25, 0.3) is 31.3 Å². The number of rotatable bonds is 5. The van der Waals surface area contributed by atoms with E-state index in [1.807, 2.05) is 12.1 Å². The van der Waals surface area contributed by atoms with Gasteiger partial charge in [0.25, 0.3) is 0 Å². The fourth-order valence-electron chi connectivity index (χ4n) is 2.81. The molecule has 28 heavy (non-hydrogen) atoms. The van der Waals surface area contributed by atoms with Crippen LogP contribution in [0.5, 0.6) is 0 Å². The van der Waals surface area contributed by atoms with Crippen molar-refractivity contribution in [2.75, 3.05) is 6.54 Å². The first-order valence-corrected chi connectivity index (χ1v) is 10.9. The molecule has 144 valence electrons. The third-order valence-corrected chi connectivity index (χ3v) is 5.86. The SMILES string of the molecule is CCC.O=C(O)CNSc1ccc2c(c1)sc1cc(-c3ccccc3)ccc12. The zero-order valence-electron chi connectivity index (χ0n) is 15.9. The first-order chi connectivity index (χ1) is 13.6. The molecule has 0 atom stereocenters. The van der Waals surface area contributed by atoms with Crippen molar-refractivity contribution in [3.05, 3.63) is 66.7 Å². The molecule has 0 unspecified atom stereocenters. The summed E-state index contributed by atoms with van der Waals surface area (Å²) in [4.78, 5) is 11.6. The minimum Gasteiger partial charge on any atom is -0.480 e. The number of fused-ring (bicyclic) bond motifs is 3. The molecular weight excluding hydrogens is 386 g/mol. The number of hydrogen-bond donors (Lipinski definition) is 2. The summed E-state index contributed by atoms with van der Waals surface area (Å²) >= 11 is 3.12. The van der Waals surface area contributed by atoms with Crippen LogP contribution in [0.4, 0.5) is 0 Å². The second-order valence-electron chi connectivity index (χ2n) is 6.36. The molecule has 0 radical (unpaired) electrons. The molecule has 0 bridgehead atoms. The summed E-state index contributed by atoms with van der Waals surface area (Å²) in [5, 5.41) is 11.2. The second kappa shape index (κ2) is 9.73. The maximum atomic E-state index is 10.6. The van der Waals surface area contributed by atoms with Gasteiger partial charge in [0.15, 0.2) is 0 Å². The van der Waals surface area contributed by atoms with Gasteiger partial charge in [-0.1, -0.05) is 68.8 Å². The lowest BCUT2D eigenvalue weighted by molar-refractivity contribution is -0.135. The molecule has 0 saturated heterocycles. The molecule has 0 saturated carbocycles.